The van der Waals surface area contributed by atoms with Crippen molar-refractivity contribution in [3.63, 3.8) is 0 Å². The molecule has 0 unspecified atom stereocenters. The Hall–Kier alpha value is -2.42. The van der Waals surface area contributed by atoms with Crippen molar-refractivity contribution < 1.29 is 4.52 Å². The summed E-state index contributed by atoms with van der Waals surface area (Å²) >= 11 is 12.0. The average Bonchev–Trinajstić information content (AvgIpc) is 3.14. The van der Waals surface area contributed by atoms with E-state index in [-0.39, 0.29) is 10.6 Å². The summed E-state index contributed by atoms with van der Waals surface area (Å²) in [6.45, 7) is 3.57. The van der Waals surface area contributed by atoms with Crippen LogP contribution in [0.2, 0.25) is 10.0 Å². The minimum Gasteiger partial charge on any atom is -0.366 e. The zero-order valence-electron chi connectivity index (χ0n) is 14.2. The second kappa shape index (κ2) is 7.67. The lowest BCUT2D eigenvalue weighted by molar-refractivity contribution is 0.215. The summed E-state index contributed by atoms with van der Waals surface area (Å²) < 4.78 is 5.37. The van der Waals surface area contributed by atoms with Gasteiger partial charge in [-0.1, -0.05) is 28.4 Å². The van der Waals surface area contributed by atoms with Crippen LogP contribution in [0.15, 0.2) is 39.8 Å². The van der Waals surface area contributed by atoms with E-state index in [4.69, 9.17) is 27.7 Å². The Labute approximate surface area is 164 Å². The first kappa shape index (κ1) is 18.0. The van der Waals surface area contributed by atoms with E-state index >= 15 is 0 Å². The summed E-state index contributed by atoms with van der Waals surface area (Å²) in [6.07, 6.45) is 1.58. The van der Waals surface area contributed by atoms with E-state index in [9.17, 15) is 4.79 Å². The van der Waals surface area contributed by atoms with Gasteiger partial charge in [0.05, 0.1) is 18.4 Å². The van der Waals surface area contributed by atoms with Gasteiger partial charge in [0, 0.05) is 36.8 Å². The molecule has 1 aliphatic rings. The van der Waals surface area contributed by atoms with Gasteiger partial charge in [0.2, 0.25) is 11.7 Å². The SMILES string of the molecule is O=c1[nH]ncc(N2CCN(Cc3nc(-c4ccc(Cl)cc4)no3)CC2)c1Cl. The van der Waals surface area contributed by atoms with Crippen LogP contribution in [0.4, 0.5) is 5.69 Å². The molecule has 0 bridgehead atoms. The second-order valence-corrected chi connectivity index (χ2v) is 6.99. The van der Waals surface area contributed by atoms with Crippen LogP contribution in [0.3, 0.4) is 0 Å². The third-order valence-electron chi connectivity index (χ3n) is 4.42. The molecule has 3 aromatic rings. The molecule has 8 nitrogen and oxygen atoms in total. The van der Waals surface area contributed by atoms with Gasteiger partial charge in [-0.3, -0.25) is 9.69 Å². The van der Waals surface area contributed by atoms with Crippen molar-refractivity contribution in [3.8, 4) is 11.4 Å². The van der Waals surface area contributed by atoms with Gasteiger partial charge in [0.15, 0.2) is 0 Å². The summed E-state index contributed by atoms with van der Waals surface area (Å²) in [5.41, 5.74) is 1.13. The van der Waals surface area contributed by atoms with Gasteiger partial charge in [-0.25, -0.2) is 5.10 Å². The molecule has 1 aliphatic heterocycles. The van der Waals surface area contributed by atoms with Crippen LogP contribution in [0.1, 0.15) is 5.89 Å². The van der Waals surface area contributed by atoms with E-state index in [1.54, 1.807) is 18.3 Å². The molecule has 1 fully saturated rings. The van der Waals surface area contributed by atoms with Gasteiger partial charge in [-0.15, -0.1) is 0 Å². The molecule has 0 spiro atoms. The molecule has 4 rings (SSSR count). The number of hydrogen-bond donors (Lipinski definition) is 1. The number of nitrogens with zero attached hydrogens (tertiary/aromatic N) is 5. The highest BCUT2D eigenvalue weighted by Gasteiger charge is 2.22. The second-order valence-electron chi connectivity index (χ2n) is 6.18. The van der Waals surface area contributed by atoms with Crippen molar-refractivity contribution >= 4 is 28.9 Å². The molecule has 10 heteroatoms. The lowest BCUT2D eigenvalue weighted by atomic mass is 10.2. The molecule has 1 saturated heterocycles. The predicted molar refractivity (Wildman–Crippen MR) is 102 cm³/mol. The normalized spacial score (nSPS) is 15.3. The maximum Gasteiger partial charge on any atom is 0.285 e. The Morgan fingerprint density at radius 1 is 1.11 bits per heavy atom. The highest BCUT2D eigenvalue weighted by Crippen LogP contribution is 2.23. The minimum atomic E-state index is -0.378. The van der Waals surface area contributed by atoms with Crippen LogP contribution in [0.25, 0.3) is 11.4 Å². The number of benzene rings is 1. The van der Waals surface area contributed by atoms with Gasteiger partial charge in [-0.05, 0) is 24.3 Å². The summed E-state index contributed by atoms with van der Waals surface area (Å²) in [4.78, 5) is 20.3. The zero-order valence-corrected chi connectivity index (χ0v) is 15.7. The fourth-order valence-corrected chi connectivity index (χ4v) is 3.30. The number of aromatic nitrogens is 4. The maximum absolute atomic E-state index is 11.6. The van der Waals surface area contributed by atoms with Gasteiger partial charge in [0.25, 0.3) is 5.56 Å². The highest BCUT2D eigenvalue weighted by molar-refractivity contribution is 6.33. The average molecular weight is 407 g/mol. The van der Waals surface area contributed by atoms with Gasteiger partial charge in [0.1, 0.15) is 5.02 Å². The van der Waals surface area contributed by atoms with Gasteiger partial charge in [-0.2, -0.15) is 10.1 Å². The summed E-state index contributed by atoms with van der Waals surface area (Å²) in [5.74, 6) is 1.10. The summed E-state index contributed by atoms with van der Waals surface area (Å²) in [7, 11) is 0. The molecule has 3 heterocycles. The van der Waals surface area contributed by atoms with Crippen molar-refractivity contribution in [2.24, 2.45) is 0 Å². The fourth-order valence-electron chi connectivity index (χ4n) is 2.97. The monoisotopic (exact) mass is 406 g/mol. The van der Waals surface area contributed by atoms with Crippen LogP contribution < -0.4 is 10.5 Å². The Bertz CT molecular complexity index is 980. The fraction of sp³-hybridized carbons (Fsp3) is 0.294. The largest absolute Gasteiger partial charge is 0.366 e. The van der Waals surface area contributed by atoms with Gasteiger partial charge < -0.3 is 9.42 Å². The quantitative estimate of drug-likeness (QED) is 0.711. The molecule has 27 heavy (non-hydrogen) atoms. The third-order valence-corrected chi connectivity index (χ3v) is 5.04. The number of aromatic amines is 1. The number of piperazine rings is 1. The number of hydrogen-bond acceptors (Lipinski definition) is 7. The van der Waals surface area contributed by atoms with Gasteiger partial charge >= 0.3 is 0 Å². The molecule has 140 valence electrons. The molecule has 0 atom stereocenters. The first-order valence-corrected chi connectivity index (χ1v) is 9.15. The van der Waals surface area contributed by atoms with E-state index in [2.05, 4.69) is 25.2 Å². The van der Waals surface area contributed by atoms with Crippen LogP contribution in [-0.4, -0.2) is 51.4 Å². The number of rotatable bonds is 4. The summed E-state index contributed by atoms with van der Waals surface area (Å²) in [5, 5.41) is 11.0. The van der Waals surface area contributed by atoms with Crippen molar-refractivity contribution in [2.45, 2.75) is 6.54 Å². The van der Waals surface area contributed by atoms with Crippen LogP contribution in [0.5, 0.6) is 0 Å². The summed E-state index contributed by atoms with van der Waals surface area (Å²) in [6, 6.07) is 7.30. The molecule has 0 saturated carbocycles. The first-order valence-electron chi connectivity index (χ1n) is 8.39. The van der Waals surface area contributed by atoms with Crippen LogP contribution in [0, 0.1) is 0 Å². The number of H-pyrrole nitrogens is 1. The number of halogens is 2. The highest BCUT2D eigenvalue weighted by atomic mass is 35.5. The molecule has 0 amide bonds. The van der Waals surface area contributed by atoms with Crippen LogP contribution in [-0.2, 0) is 6.54 Å². The molecule has 0 aliphatic carbocycles. The minimum absolute atomic E-state index is 0.169. The zero-order chi connectivity index (χ0) is 18.8. The third kappa shape index (κ3) is 3.97. The van der Waals surface area contributed by atoms with E-state index in [0.717, 1.165) is 31.7 Å². The molecule has 1 N–H and O–H groups in total. The standard InChI is InChI=1S/C17H16Cl2N6O2/c18-12-3-1-11(2-4-12)16-21-14(27-23-16)10-24-5-7-25(8-6-24)13-9-20-22-17(26)15(13)19/h1-4,9H,5-8,10H2,(H,22,26). The molecular formula is C17H16Cl2N6O2. The van der Waals surface area contributed by atoms with Crippen LogP contribution >= 0.6 is 23.2 Å². The lowest BCUT2D eigenvalue weighted by Crippen LogP contribution is -2.46. The predicted octanol–water partition coefficient (Wildman–Crippen LogP) is 2.45. The Balaban J connectivity index is 1.38. The molecule has 0 radical (unpaired) electrons. The Kier molecular flexibility index (Phi) is 5.11. The topological polar surface area (TPSA) is 91.2 Å². The van der Waals surface area contributed by atoms with Crippen molar-refractivity contribution in [2.75, 3.05) is 31.1 Å². The smallest absolute Gasteiger partial charge is 0.285 e. The Morgan fingerprint density at radius 3 is 2.59 bits per heavy atom. The van der Waals surface area contributed by atoms with E-state index in [1.807, 2.05) is 17.0 Å². The molecule has 1 aromatic carbocycles. The van der Waals surface area contributed by atoms with Crippen molar-refractivity contribution in [3.05, 3.63) is 56.8 Å². The Morgan fingerprint density at radius 2 is 1.85 bits per heavy atom. The van der Waals surface area contributed by atoms with E-state index < -0.39 is 0 Å². The lowest BCUT2D eigenvalue weighted by Gasteiger charge is -2.35. The van der Waals surface area contributed by atoms with Crippen molar-refractivity contribution in [1.82, 2.24) is 25.2 Å². The first-order chi connectivity index (χ1) is 13.1. The number of anilines is 1. The van der Waals surface area contributed by atoms with E-state index in [0.29, 0.717) is 29.0 Å². The number of nitrogens with one attached hydrogen (secondary N) is 1. The van der Waals surface area contributed by atoms with Crippen molar-refractivity contribution in [1.29, 1.82) is 0 Å². The van der Waals surface area contributed by atoms with E-state index in [1.165, 1.54) is 0 Å². The molecule has 2 aromatic heterocycles. The molecular weight excluding hydrogens is 391 g/mol. The maximum atomic E-state index is 11.6.